The molecule has 3 nitrogen and oxygen atoms in total. The average molecular weight is 272 g/mol. The number of allylic oxidation sites excluding steroid dienone is 1. The van der Waals surface area contributed by atoms with Gasteiger partial charge >= 0.3 is 0 Å². The first-order valence-electron chi connectivity index (χ1n) is 7.72. The van der Waals surface area contributed by atoms with Crippen molar-refractivity contribution in [1.82, 2.24) is 5.32 Å². The summed E-state index contributed by atoms with van der Waals surface area (Å²) < 4.78 is 5.39. The topological polar surface area (TPSA) is 24.5 Å². The highest BCUT2D eigenvalue weighted by Gasteiger charge is 2.11. The van der Waals surface area contributed by atoms with Crippen molar-refractivity contribution in [3.8, 4) is 0 Å². The zero-order chi connectivity index (χ0) is 13.6. The molecule has 1 aliphatic carbocycles. The maximum Gasteiger partial charge on any atom is 0.0642 e. The van der Waals surface area contributed by atoms with Crippen molar-refractivity contribution in [1.29, 1.82) is 0 Å². The maximum atomic E-state index is 5.39. The Kier molecular flexibility index (Phi) is 4.72. The molecule has 3 rings (SSSR count). The molecule has 3 heteroatoms. The van der Waals surface area contributed by atoms with Gasteiger partial charge in [0.2, 0.25) is 0 Å². The number of nitrogens with zero attached hydrogens (tertiary/aromatic N) is 1. The number of ether oxygens (including phenoxy) is 1. The molecule has 0 radical (unpaired) electrons. The first-order chi connectivity index (χ1) is 9.92. The molecule has 1 aromatic rings. The van der Waals surface area contributed by atoms with Gasteiger partial charge in [-0.05, 0) is 37.0 Å². The van der Waals surface area contributed by atoms with Crippen molar-refractivity contribution in [2.75, 3.05) is 31.2 Å². The van der Waals surface area contributed by atoms with Gasteiger partial charge in [-0.3, -0.25) is 0 Å². The van der Waals surface area contributed by atoms with Crippen LogP contribution in [0, 0.1) is 0 Å². The fourth-order valence-corrected chi connectivity index (χ4v) is 2.89. The zero-order valence-corrected chi connectivity index (χ0v) is 12.1. The minimum Gasteiger partial charge on any atom is -0.378 e. The number of nitrogens with one attached hydrogen (secondary N) is 1. The molecule has 108 valence electrons. The Morgan fingerprint density at radius 1 is 1.10 bits per heavy atom. The predicted molar refractivity (Wildman–Crippen MR) is 83.1 cm³/mol. The molecular formula is C17H24N2O. The highest BCUT2D eigenvalue weighted by molar-refractivity contribution is 5.47. The SMILES string of the molecule is C1=CCC(NCc2ccc(N3CCOCC3)cc2)CC1. The maximum absolute atomic E-state index is 5.39. The van der Waals surface area contributed by atoms with Gasteiger partial charge in [0.15, 0.2) is 0 Å². The quantitative estimate of drug-likeness (QED) is 0.853. The number of rotatable bonds is 4. The summed E-state index contributed by atoms with van der Waals surface area (Å²) in [5, 5.41) is 3.65. The van der Waals surface area contributed by atoms with Gasteiger partial charge in [0, 0.05) is 31.4 Å². The highest BCUT2D eigenvalue weighted by atomic mass is 16.5. The van der Waals surface area contributed by atoms with Crippen LogP contribution in [-0.4, -0.2) is 32.3 Å². The van der Waals surface area contributed by atoms with Crippen LogP contribution in [0.3, 0.4) is 0 Å². The Labute approximate surface area is 121 Å². The zero-order valence-electron chi connectivity index (χ0n) is 12.1. The second-order valence-corrected chi connectivity index (χ2v) is 5.63. The number of morpholine rings is 1. The van der Waals surface area contributed by atoms with Crippen LogP contribution in [0.4, 0.5) is 5.69 Å². The van der Waals surface area contributed by atoms with Crippen LogP contribution in [0.15, 0.2) is 36.4 Å². The van der Waals surface area contributed by atoms with Crippen LogP contribution in [0.2, 0.25) is 0 Å². The van der Waals surface area contributed by atoms with Gasteiger partial charge in [0.05, 0.1) is 13.2 Å². The summed E-state index contributed by atoms with van der Waals surface area (Å²) in [4.78, 5) is 2.40. The average Bonchev–Trinajstić information content (AvgIpc) is 2.55. The monoisotopic (exact) mass is 272 g/mol. The summed E-state index contributed by atoms with van der Waals surface area (Å²) in [7, 11) is 0. The summed E-state index contributed by atoms with van der Waals surface area (Å²) >= 11 is 0. The molecule has 0 amide bonds. The molecule has 1 fully saturated rings. The normalized spacial score (nSPS) is 23.0. The van der Waals surface area contributed by atoms with Crippen LogP contribution in [0.1, 0.15) is 24.8 Å². The number of hydrogen-bond donors (Lipinski definition) is 1. The van der Waals surface area contributed by atoms with Crippen LogP contribution < -0.4 is 10.2 Å². The standard InChI is InChI=1S/C17H24N2O/c1-2-4-16(5-3-1)18-14-15-6-8-17(9-7-15)19-10-12-20-13-11-19/h1-2,6-9,16,18H,3-5,10-14H2. The molecule has 20 heavy (non-hydrogen) atoms. The number of hydrogen-bond acceptors (Lipinski definition) is 3. The first-order valence-corrected chi connectivity index (χ1v) is 7.72. The van der Waals surface area contributed by atoms with Gasteiger partial charge in [-0.2, -0.15) is 0 Å². The van der Waals surface area contributed by atoms with E-state index in [0.29, 0.717) is 6.04 Å². The van der Waals surface area contributed by atoms with E-state index in [0.717, 1.165) is 32.8 Å². The van der Waals surface area contributed by atoms with E-state index in [1.807, 2.05) is 0 Å². The Morgan fingerprint density at radius 3 is 2.60 bits per heavy atom. The van der Waals surface area contributed by atoms with E-state index in [-0.39, 0.29) is 0 Å². The lowest BCUT2D eigenvalue weighted by Gasteiger charge is -2.29. The van der Waals surface area contributed by atoms with E-state index in [1.165, 1.54) is 30.5 Å². The molecular weight excluding hydrogens is 248 g/mol. The summed E-state index contributed by atoms with van der Waals surface area (Å²) in [6.45, 7) is 4.68. The Hall–Kier alpha value is -1.32. The largest absolute Gasteiger partial charge is 0.378 e. The fraction of sp³-hybridized carbons (Fsp3) is 0.529. The van der Waals surface area contributed by atoms with Gasteiger partial charge in [-0.1, -0.05) is 24.3 Å². The van der Waals surface area contributed by atoms with Crippen LogP contribution in [0.5, 0.6) is 0 Å². The summed E-state index contributed by atoms with van der Waals surface area (Å²) in [6.07, 6.45) is 8.24. The minimum absolute atomic E-state index is 0.652. The molecule has 1 saturated heterocycles. The van der Waals surface area contributed by atoms with E-state index >= 15 is 0 Å². The third kappa shape index (κ3) is 3.62. The van der Waals surface area contributed by atoms with E-state index in [4.69, 9.17) is 4.74 Å². The molecule has 1 N–H and O–H groups in total. The predicted octanol–water partition coefficient (Wildman–Crippen LogP) is 2.72. The molecule has 0 aromatic heterocycles. The molecule has 0 bridgehead atoms. The second kappa shape index (κ2) is 6.91. The summed E-state index contributed by atoms with van der Waals surface area (Å²) in [5.74, 6) is 0. The van der Waals surface area contributed by atoms with Crippen molar-refractivity contribution in [3.63, 3.8) is 0 Å². The number of anilines is 1. The van der Waals surface area contributed by atoms with Crippen molar-refractivity contribution < 1.29 is 4.74 Å². The third-order valence-electron chi connectivity index (χ3n) is 4.18. The fourth-order valence-electron chi connectivity index (χ4n) is 2.89. The highest BCUT2D eigenvalue weighted by Crippen LogP contribution is 2.17. The molecule has 1 heterocycles. The molecule has 1 unspecified atom stereocenters. The molecule has 0 saturated carbocycles. The van der Waals surface area contributed by atoms with E-state index in [1.54, 1.807) is 0 Å². The van der Waals surface area contributed by atoms with Crippen molar-refractivity contribution in [2.24, 2.45) is 0 Å². The molecule has 0 spiro atoms. The second-order valence-electron chi connectivity index (χ2n) is 5.63. The minimum atomic E-state index is 0.652. The van der Waals surface area contributed by atoms with Gasteiger partial charge in [-0.15, -0.1) is 0 Å². The molecule has 2 aliphatic rings. The lowest BCUT2D eigenvalue weighted by Crippen LogP contribution is -2.36. The molecule has 1 aliphatic heterocycles. The van der Waals surface area contributed by atoms with Crippen LogP contribution >= 0.6 is 0 Å². The van der Waals surface area contributed by atoms with E-state index in [2.05, 4.69) is 46.6 Å². The Balaban J connectivity index is 1.51. The Morgan fingerprint density at radius 2 is 1.90 bits per heavy atom. The van der Waals surface area contributed by atoms with Crippen LogP contribution in [0.25, 0.3) is 0 Å². The molecule has 1 aromatic carbocycles. The first kappa shape index (κ1) is 13.7. The van der Waals surface area contributed by atoms with E-state index in [9.17, 15) is 0 Å². The van der Waals surface area contributed by atoms with Gasteiger partial charge in [0.25, 0.3) is 0 Å². The van der Waals surface area contributed by atoms with Crippen molar-refractivity contribution in [3.05, 3.63) is 42.0 Å². The van der Waals surface area contributed by atoms with Crippen molar-refractivity contribution >= 4 is 5.69 Å². The Bertz CT molecular complexity index is 435. The van der Waals surface area contributed by atoms with Crippen LogP contribution in [-0.2, 0) is 11.3 Å². The van der Waals surface area contributed by atoms with Gasteiger partial charge < -0.3 is 15.0 Å². The summed E-state index contributed by atoms with van der Waals surface area (Å²) in [5.41, 5.74) is 2.69. The third-order valence-corrected chi connectivity index (χ3v) is 4.18. The summed E-state index contributed by atoms with van der Waals surface area (Å²) in [6, 6.07) is 9.62. The lowest BCUT2D eigenvalue weighted by molar-refractivity contribution is 0.122. The van der Waals surface area contributed by atoms with Crippen molar-refractivity contribution in [2.45, 2.75) is 31.8 Å². The lowest BCUT2D eigenvalue weighted by atomic mass is 10.0. The van der Waals surface area contributed by atoms with E-state index < -0.39 is 0 Å². The van der Waals surface area contributed by atoms with Gasteiger partial charge in [-0.25, -0.2) is 0 Å². The smallest absolute Gasteiger partial charge is 0.0642 e. The van der Waals surface area contributed by atoms with Gasteiger partial charge in [0.1, 0.15) is 0 Å². The molecule has 1 atom stereocenters. The number of benzene rings is 1.